The van der Waals surface area contributed by atoms with E-state index in [-0.39, 0.29) is 17.3 Å². The van der Waals surface area contributed by atoms with Crippen molar-refractivity contribution in [1.29, 1.82) is 0 Å². The first-order valence-corrected chi connectivity index (χ1v) is 9.42. The molecule has 1 aromatic heterocycles. The van der Waals surface area contributed by atoms with Gasteiger partial charge in [0.05, 0.1) is 12.2 Å². The van der Waals surface area contributed by atoms with Gasteiger partial charge in [-0.05, 0) is 49.1 Å². The number of nitrogens with one attached hydrogen (secondary N) is 1. The summed E-state index contributed by atoms with van der Waals surface area (Å²) in [4.78, 5) is 4.11. The van der Waals surface area contributed by atoms with Crippen LogP contribution in [0.3, 0.4) is 0 Å². The summed E-state index contributed by atoms with van der Waals surface area (Å²) < 4.78 is 24.6. The number of hydrogen-bond donors (Lipinski definition) is 2. The molecule has 1 aromatic carbocycles. The zero-order valence-electron chi connectivity index (χ0n) is 15.8. The lowest BCUT2D eigenvalue weighted by Crippen LogP contribution is -2.47. The van der Waals surface area contributed by atoms with Crippen LogP contribution in [0.1, 0.15) is 24.0 Å². The number of aryl methyl sites for hydroxylation is 1. The Morgan fingerprint density at radius 3 is 2.70 bits per heavy atom. The molecule has 27 heavy (non-hydrogen) atoms. The van der Waals surface area contributed by atoms with Crippen LogP contribution in [0.4, 0.5) is 4.39 Å². The molecule has 3 rings (SSSR count). The lowest BCUT2D eigenvalue weighted by atomic mass is 9.74. The average molecular weight is 373 g/mol. The van der Waals surface area contributed by atoms with Crippen molar-refractivity contribution in [3.63, 3.8) is 0 Å². The highest BCUT2D eigenvalue weighted by molar-refractivity contribution is 5.27. The number of rotatable bonds is 8. The molecule has 1 aliphatic rings. The monoisotopic (exact) mass is 373 g/mol. The Balaban J connectivity index is 1.52. The van der Waals surface area contributed by atoms with Crippen LogP contribution in [0.5, 0.6) is 5.75 Å². The number of ether oxygens (including phenoxy) is 2. The Bertz CT molecular complexity index is 718. The molecule has 2 heterocycles. The molecule has 1 atom stereocenters. The van der Waals surface area contributed by atoms with Gasteiger partial charge in [0.2, 0.25) is 0 Å². The van der Waals surface area contributed by atoms with Crippen molar-refractivity contribution in [1.82, 2.24) is 10.3 Å². The first-order valence-electron chi connectivity index (χ1n) is 9.42. The van der Waals surface area contributed by atoms with E-state index in [0.717, 1.165) is 36.3 Å². The maximum absolute atomic E-state index is 13.3. The lowest BCUT2D eigenvalue weighted by molar-refractivity contribution is 0.0497. The first-order chi connectivity index (χ1) is 13.1. The topological polar surface area (TPSA) is 69.4 Å². The molecule has 0 bridgehead atoms. The molecule has 6 heteroatoms. The summed E-state index contributed by atoms with van der Waals surface area (Å²) in [6, 6.07) is 8.64. The molecule has 0 radical (unpaired) electrons. The predicted molar refractivity (Wildman–Crippen MR) is 103 cm³/mol. The van der Waals surface area contributed by atoms with Gasteiger partial charge in [-0.25, -0.2) is 4.39 Å². The third-order valence-corrected chi connectivity index (χ3v) is 5.09. The van der Waals surface area contributed by atoms with Crippen LogP contribution < -0.4 is 15.8 Å². The minimum absolute atomic E-state index is 0.0486. The van der Waals surface area contributed by atoms with Gasteiger partial charge < -0.3 is 20.5 Å². The summed E-state index contributed by atoms with van der Waals surface area (Å²) >= 11 is 0. The third-order valence-electron chi connectivity index (χ3n) is 5.09. The minimum atomic E-state index is -0.210. The maximum Gasteiger partial charge on any atom is 0.137 e. The van der Waals surface area contributed by atoms with Gasteiger partial charge in [0.1, 0.15) is 18.2 Å². The van der Waals surface area contributed by atoms with E-state index in [1.165, 1.54) is 12.1 Å². The van der Waals surface area contributed by atoms with Gasteiger partial charge in [-0.2, -0.15) is 0 Å². The zero-order chi connectivity index (χ0) is 19.1. The standard InChI is InChI=1S/C21H28FN3O2/c1-16-10-20(13-24-11-16)27-14-19(23)12-25-15-21(6-8-26-9-7-21)17-2-4-18(22)5-3-17/h2-5,10-11,13,19,25H,6-9,12,14-15,23H2,1H3. The number of nitrogens with zero attached hydrogens (tertiary/aromatic N) is 1. The Kier molecular flexibility index (Phi) is 6.77. The average Bonchev–Trinajstić information content (AvgIpc) is 2.68. The third kappa shape index (κ3) is 5.48. The number of benzene rings is 1. The normalized spacial score (nSPS) is 17.4. The number of nitrogens with two attached hydrogens (primary N) is 1. The summed E-state index contributed by atoms with van der Waals surface area (Å²) in [6.45, 7) is 5.25. The van der Waals surface area contributed by atoms with E-state index in [1.807, 2.05) is 25.1 Å². The first kappa shape index (κ1) is 19.7. The van der Waals surface area contributed by atoms with Gasteiger partial charge >= 0.3 is 0 Å². The molecule has 2 aromatic rings. The number of halogens is 1. The summed E-state index contributed by atoms with van der Waals surface area (Å²) in [5.41, 5.74) is 8.35. The molecular formula is C21H28FN3O2. The van der Waals surface area contributed by atoms with Gasteiger partial charge in [-0.1, -0.05) is 12.1 Å². The molecule has 1 saturated heterocycles. The van der Waals surface area contributed by atoms with E-state index in [1.54, 1.807) is 12.4 Å². The molecule has 5 nitrogen and oxygen atoms in total. The Morgan fingerprint density at radius 1 is 1.26 bits per heavy atom. The lowest BCUT2D eigenvalue weighted by Gasteiger charge is -2.38. The highest BCUT2D eigenvalue weighted by Crippen LogP contribution is 2.34. The second kappa shape index (κ2) is 9.26. The van der Waals surface area contributed by atoms with Crippen molar-refractivity contribution >= 4 is 0 Å². The fraction of sp³-hybridized carbons (Fsp3) is 0.476. The molecular weight excluding hydrogens is 345 g/mol. The van der Waals surface area contributed by atoms with Crippen LogP contribution in [0.2, 0.25) is 0 Å². The highest BCUT2D eigenvalue weighted by Gasteiger charge is 2.34. The number of aromatic nitrogens is 1. The van der Waals surface area contributed by atoms with E-state index in [2.05, 4.69) is 10.3 Å². The smallest absolute Gasteiger partial charge is 0.137 e. The number of hydrogen-bond acceptors (Lipinski definition) is 5. The van der Waals surface area contributed by atoms with Crippen LogP contribution in [-0.2, 0) is 10.2 Å². The van der Waals surface area contributed by atoms with Crippen molar-refractivity contribution in [3.05, 3.63) is 59.7 Å². The largest absolute Gasteiger partial charge is 0.490 e. The Hall–Kier alpha value is -2.02. The molecule has 146 valence electrons. The molecule has 1 aliphatic heterocycles. The van der Waals surface area contributed by atoms with Crippen molar-refractivity contribution in [2.45, 2.75) is 31.2 Å². The van der Waals surface area contributed by atoms with E-state index in [9.17, 15) is 4.39 Å². The maximum atomic E-state index is 13.3. The van der Waals surface area contributed by atoms with Gasteiger partial charge in [-0.15, -0.1) is 0 Å². The molecule has 1 unspecified atom stereocenters. The van der Waals surface area contributed by atoms with Crippen LogP contribution in [0.15, 0.2) is 42.7 Å². The van der Waals surface area contributed by atoms with Crippen LogP contribution in [-0.4, -0.2) is 43.9 Å². The van der Waals surface area contributed by atoms with Crippen LogP contribution >= 0.6 is 0 Å². The molecule has 0 saturated carbocycles. The van der Waals surface area contributed by atoms with Gasteiger partial charge in [0, 0.05) is 37.9 Å². The number of pyridine rings is 1. The Labute approximate surface area is 160 Å². The molecule has 0 amide bonds. The quantitative estimate of drug-likeness (QED) is 0.744. The molecule has 0 aliphatic carbocycles. The van der Waals surface area contributed by atoms with Gasteiger partial charge in [0.25, 0.3) is 0 Å². The molecule has 3 N–H and O–H groups in total. The van der Waals surface area contributed by atoms with E-state index in [0.29, 0.717) is 26.4 Å². The zero-order valence-corrected chi connectivity index (χ0v) is 15.8. The van der Waals surface area contributed by atoms with E-state index >= 15 is 0 Å². The minimum Gasteiger partial charge on any atom is -0.490 e. The fourth-order valence-electron chi connectivity index (χ4n) is 3.50. The van der Waals surface area contributed by atoms with E-state index < -0.39 is 0 Å². The van der Waals surface area contributed by atoms with Gasteiger partial charge in [-0.3, -0.25) is 4.98 Å². The molecule has 0 spiro atoms. The van der Waals surface area contributed by atoms with Crippen molar-refractivity contribution < 1.29 is 13.9 Å². The summed E-state index contributed by atoms with van der Waals surface area (Å²) in [7, 11) is 0. The Morgan fingerprint density at radius 2 is 2.00 bits per heavy atom. The molecule has 1 fully saturated rings. The summed E-state index contributed by atoms with van der Waals surface area (Å²) in [6.07, 6.45) is 5.30. The summed E-state index contributed by atoms with van der Waals surface area (Å²) in [5.74, 6) is 0.524. The van der Waals surface area contributed by atoms with Crippen LogP contribution in [0, 0.1) is 12.7 Å². The van der Waals surface area contributed by atoms with Gasteiger partial charge in [0.15, 0.2) is 0 Å². The van der Waals surface area contributed by atoms with Crippen LogP contribution in [0.25, 0.3) is 0 Å². The fourth-order valence-corrected chi connectivity index (χ4v) is 3.50. The SMILES string of the molecule is Cc1cncc(OCC(N)CNCC2(c3ccc(F)cc3)CCOCC2)c1. The second-order valence-electron chi connectivity index (χ2n) is 7.30. The van der Waals surface area contributed by atoms with E-state index in [4.69, 9.17) is 15.2 Å². The predicted octanol–water partition coefficient (Wildman–Crippen LogP) is 2.57. The van der Waals surface area contributed by atoms with Crippen molar-refractivity contribution in [2.24, 2.45) is 5.73 Å². The van der Waals surface area contributed by atoms with Crippen molar-refractivity contribution in [2.75, 3.05) is 32.9 Å². The van der Waals surface area contributed by atoms with Crippen molar-refractivity contribution in [3.8, 4) is 5.75 Å². The summed E-state index contributed by atoms with van der Waals surface area (Å²) in [5, 5.41) is 3.49. The second-order valence-corrected chi connectivity index (χ2v) is 7.30. The highest BCUT2D eigenvalue weighted by atomic mass is 19.1.